The molecule has 1 rings (SSSR count). The van der Waals surface area contributed by atoms with E-state index in [0.717, 1.165) is 6.07 Å². The lowest BCUT2D eigenvalue weighted by molar-refractivity contribution is -0.142. The van der Waals surface area contributed by atoms with Crippen molar-refractivity contribution in [2.45, 2.75) is 13.0 Å². The van der Waals surface area contributed by atoms with Gasteiger partial charge in [-0.3, -0.25) is 0 Å². The van der Waals surface area contributed by atoms with Gasteiger partial charge in [0.05, 0.1) is 12.1 Å². The van der Waals surface area contributed by atoms with E-state index in [0.29, 0.717) is 5.69 Å². The van der Waals surface area contributed by atoms with Crippen LogP contribution in [0.5, 0.6) is 0 Å². The van der Waals surface area contributed by atoms with Gasteiger partial charge in [-0.05, 0) is 25.1 Å². The smallest absolute Gasteiger partial charge is 0.328 e. The highest BCUT2D eigenvalue weighted by molar-refractivity contribution is 6.31. The first-order valence-corrected chi connectivity index (χ1v) is 5.42. The summed E-state index contributed by atoms with van der Waals surface area (Å²) >= 11 is 5.56. The molecule has 0 radical (unpaired) electrons. The molecule has 0 heterocycles. The van der Waals surface area contributed by atoms with Crippen LogP contribution in [-0.4, -0.2) is 25.2 Å². The van der Waals surface area contributed by atoms with Crippen molar-refractivity contribution in [3.63, 3.8) is 0 Å². The molecule has 0 aromatic heterocycles. The first kappa shape index (κ1) is 14.2. The van der Waals surface area contributed by atoms with E-state index in [4.69, 9.17) is 11.6 Å². The summed E-state index contributed by atoms with van der Waals surface area (Å²) in [6.45, 7) is 1.48. The Labute approximate surface area is 108 Å². The van der Waals surface area contributed by atoms with E-state index in [-0.39, 0.29) is 5.02 Å². The number of hydrogen-bond acceptors (Lipinski definition) is 3. The molecule has 0 saturated carbocycles. The third kappa shape index (κ3) is 3.89. The molecule has 2 N–H and O–H groups in total. The number of nitrogens with one attached hydrogen (secondary N) is 2. The van der Waals surface area contributed by atoms with Crippen molar-refractivity contribution >= 4 is 29.3 Å². The summed E-state index contributed by atoms with van der Waals surface area (Å²) in [5, 5.41) is 4.66. The Balaban J connectivity index is 2.59. The van der Waals surface area contributed by atoms with Crippen LogP contribution in [0, 0.1) is 5.82 Å². The Morgan fingerprint density at radius 3 is 2.67 bits per heavy atom. The number of benzene rings is 1. The molecular formula is C11H12ClFN2O3. The van der Waals surface area contributed by atoms with Crippen LogP contribution in [0.15, 0.2) is 18.2 Å². The van der Waals surface area contributed by atoms with Crippen molar-refractivity contribution in [3.05, 3.63) is 29.0 Å². The van der Waals surface area contributed by atoms with E-state index in [1.165, 1.54) is 26.2 Å². The molecule has 18 heavy (non-hydrogen) atoms. The SMILES string of the molecule is COC(=O)[C@H](C)NC(=O)Nc1ccc(F)c(Cl)c1. The maximum Gasteiger partial charge on any atom is 0.328 e. The van der Waals surface area contributed by atoms with Crippen LogP contribution in [0.2, 0.25) is 5.02 Å². The summed E-state index contributed by atoms with van der Waals surface area (Å²) in [4.78, 5) is 22.5. The molecule has 2 amide bonds. The molecule has 0 unspecified atom stereocenters. The van der Waals surface area contributed by atoms with Gasteiger partial charge in [0.15, 0.2) is 0 Å². The molecule has 0 aliphatic heterocycles. The Morgan fingerprint density at radius 1 is 1.44 bits per heavy atom. The predicted octanol–water partition coefficient (Wildman–Crippen LogP) is 2.16. The molecule has 1 aromatic rings. The van der Waals surface area contributed by atoms with Crippen molar-refractivity contribution in [1.29, 1.82) is 0 Å². The molecule has 0 fully saturated rings. The average molecular weight is 275 g/mol. The van der Waals surface area contributed by atoms with Crippen LogP contribution in [0.25, 0.3) is 0 Å². The predicted molar refractivity (Wildman–Crippen MR) is 65.0 cm³/mol. The molecule has 1 aromatic carbocycles. The van der Waals surface area contributed by atoms with Crippen LogP contribution < -0.4 is 10.6 Å². The molecule has 0 aliphatic rings. The van der Waals surface area contributed by atoms with Gasteiger partial charge in [0, 0.05) is 5.69 Å². The van der Waals surface area contributed by atoms with Gasteiger partial charge in [0.1, 0.15) is 11.9 Å². The van der Waals surface area contributed by atoms with Gasteiger partial charge in [-0.1, -0.05) is 11.6 Å². The first-order chi connectivity index (χ1) is 8.43. The Morgan fingerprint density at radius 2 is 2.11 bits per heavy atom. The number of anilines is 1. The van der Waals surface area contributed by atoms with E-state index < -0.39 is 23.9 Å². The van der Waals surface area contributed by atoms with Gasteiger partial charge in [-0.15, -0.1) is 0 Å². The van der Waals surface area contributed by atoms with Crippen molar-refractivity contribution in [2.75, 3.05) is 12.4 Å². The van der Waals surface area contributed by atoms with E-state index in [2.05, 4.69) is 15.4 Å². The molecule has 0 aliphatic carbocycles. The topological polar surface area (TPSA) is 67.4 Å². The van der Waals surface area contributed by atoms with E-state index >= 15 is 0 Å². The van der Waals surface area contributed by atoms with Crippen LogP contribution in [-0.2, 0) is 9.53 Å². The minimum Gasteiger partial charge on any atom is -0.467 e. The van der Waals surface area contributed by atoms with E-state index in [1.807, 2.05) is 0 Å². The first-order valence-electron chi connectivity index (χ1n) is 5.04. The quantitative estimate of drug-likeness (QED) is 0.830. The zero-order chi connectivity index (χ0) is 13.7. The molecule has 5 nitrogen and oxygen atoms in total. The van der Waals surface area contributed by atoms with Crippen molar-refractivity contribution in [1.82, 2.24) is 5.32 Å². The zero-order valence-electron chi connectivity index (χ0n) is 9.79. The van der Waals surface area contributed by atoms with Crippen molar-refractivity contribution < 1.29 is 18.7 Å². The fourth-order valence-electron chi connectivity index (χ4n) is 1.17. The van der Waals surface area contributed by atoms with Crippen LogP contribution in [0.3, 0.4) is 0 Å². The lowest BCUT2D eigenvalue weighted by Crippen LogP contribution is -2.41. The molecule has 0 bridgehead atoms. The summed E-state index contributed by atoms with van der Waals surface area (Å²) in [5.41, 5.74) is 0.316. The summed E-state index contributed by atoms with van der Waals surface area (Å²) < 4.78 is 17.3. The standard InChI is InChI=1S/C11H12ClFN2O3/c1-6(10(16)18-2)14-11(17)15-7-3-4-9(13)8(12)5-7/h3-6H,1-2H3,(H2,14,15,17)/t6-/m0/s1. The highest BCUT2D eigenvalue weighted by atomic mass is 35.5. The Kier molecular flexibility index (Phi) is 4.91. The molecule has 0 saturated heterocycles. The number of methoxy groups -OCH3 is 1. The second kappa shape index (κ2) is 6.20. The van der Waals surface area contributed by atoms with Gasteiger partial charge in [-0.2, -0.15) is 0 Å². The average Bonchev–Trinajstić information content (AvgIpc) is 2.32. The molecule has 0 spiro atoms. The summed E-state index contributed by atoms with van der Waals surface area (Å²) in [5.74, 6) is -1.15. The number of ether oxygens (including phenoxy) is 1. The lowest BCUT2D eigenvalue weighted by atomic mass is 10.3. The molecule has 98 valence electrons. The third-order valence-corrected chi connectivity index (χ3v) is 2.37. The number of amides is 2. The fraction of sp³-hybridized carbons (Fsp3) is 0.273. The minimum atomic E-state index is -0.786. The van der Waals surface area contributed by atoms with Gasteiger partial charge in [-0.25, -0.2) is 14.0 Å². The number of urea groups is 1. The number of carbonyl (C=O) groups is 2. The van der Waals surface area contributed by atoms with E-state index in [1.54, 1.807) is 0 Å². The van der Waals surface area contributed by atoms with Crippen molar-refractivity contribution in [2.24, 2.45) is 0 Å². The van der Waals surface area contributed by atoms with Gasteiger partial charge in [0.25, 0.3) is 0 Å². The third-order valence-electron chi connectivity index (χ3n) is 2.08. The Hall–Kier alpha value is -1.82. The lowest BCUT2D eigenvalue weighted by Gasteiger charge is -2.12. The Bertz CT molecular complexity index is 468. The molecule has 1 atom stereocenters. The summed E-state index contributed by atoms with van der Waals surface area (Å²) in [6.07, 6.45) is 0. The van der Waals surface area contributed by atoms with E-state index in [9.17, 15) is 14.0 Å². The number of halogens is 2. The van der Waals surface area contributed by atoms with Gasteiger partial charge >= 0.3 is 12.0 Å². The number of carbonyl (C=O) groups excluding carboxylic acids is 2. The number of hydrogen-bond donors (Lipinski definition) is 2. The van der Waals surface area contributed by atoms with Crippen LogP contribution in [0.4, 0.5) is 14.9 Å². The highest BCUT2D eigenvalue weighted by Crippen LogP contribution is 2.19. The fourth-order valence-corrected chi connectivity index (χ4v) is 1.35. The van der Waals surface area contributed by atoms with Gasteiger partial charge in [0.2, 0.25) is 0 Å². The normalized spacial score (nSPS) is 11.6. The van der Waals surface area contributed by atoms with Crippen LogP contribution >= 0.6 is 11.6 Å². The number of esters is 1. The summed E-state index contributed by atoms with van der Waals surface area (Å²) in [6, 6.07) is 2.34. The second-order valence-electron chi connectivity index (χ2n) is 3.47. The summed E-state index contributed by atoms with van der Waals surface area (Å²) in [7, 11) is 1.22. The zero-order valence-corrected chi connectivity index (χ0v) is 10.5. The molecule has 7 heteroatoms. The van der Waals surface area contributed by atoms with Gasteiger partial charge < -0.3 is 15.4 Å². The maximum atomic E-state index is 12.9. The minimum absolute atomic E-state index is 0.103. The monoisotopic (exact) mass is 274 g/mol. The largest absolute Gasteiger partial charge is 0.467 e. The molecular weight excluding hydrogens is 263 g/mol. The highest BCUT2D eigenvalue weighted by Gasteiger charge is 2.15. The second-order valence-corrected chi connectivity index (χ2v) is 3.88. The van der Waals surface area contributed by atoms with Crippen LogP contribution in [0.1, 0.15) is 6.92 Å². The van der Waals surface area contributed by atoms with Crippen molar-refractivity contribution in [3.8, 4) is 0 Å². The number of rotatable bonds is 3. The maximum absolute atomic E-state index is 12.9.